The van der Waals surface area contributed by atoms with Gasteiger partial charge in [-0.05, 0) is 31.6 Å². The molecule has 2 rings (SSSR count). The van der Waals surface area contributed by atoms with Gasteiger partial charge < -0.3 is 10.0 Å². The molecule has 0 bridgehead atoms. The van der Waals surface area contributed by atoms with Crippen LogP contribution < -0.4 is 4.90 Å². The zero-order valence-corrected chi connectivity index (χ0v) is 12.2. The van der Waals surface area contributed by atoms with Crippen LogP contribution in [0, 0.1) is 5.92 Å². The van der Waals surface area contributed by atoms with Gasteiger partial charge in [0, 0.05) is 25.3 Å². The number of hydrogen-bond donors (Lipinski definition) is 1. The van der Waals surface area contributed by atoms with E-state index < -0.39 is 0 Å². The summed E-state index contributed by atoms with van der Waals surface area (Å²) in [6.07, 6.45) is 6.71. The number of aromatic nitrogens is 2. The Morgan fingerprint density at radius 3 is 3.05 bits per heavy atom. The molecule has 1 N–H and O–H groups in total. The van der Waals surface area contributed by atoms with E-state index in [1.54, 1.807) is 6.33 Å². The second-order valence-corrected chi connectivity index (χ2v) is 5.54. The number of anilines is 1. The second-order valence-electron chi connectivity index (χ2n) is 5.18. The third-order valence-corrected chi connectivity index (χ3v) is 4.05. The zero-order chi connectivity index (χ0) is 13.7. The summed E-state index contributed by atoms with van der Waals surface area (Å²) in [5.74, 6) is 1.55. The molecule has 19 heavy (non-hydrogen) atoms. The number of rotatable bonds is 5. The topological polar surface area (TPSA) is 49.2 Å². The normalized spacial score (nSPS) is 19.7. The van der Waals surface area contributed by atoms with E-state index in [1.807, 2.05) is 0 Å². The molecule has 0 aromatic carbocycles. The maximum Gasteiger partial charge on any atom is 0.137 e. The van der Waals surface area contributed by atoms with Gasteiger partial charge in [0.15, 0.2) is 0 Å². The highest BCUT2D eigenvalue weighted by Gasteiger charge is 2.23. The molecular weight excluding hydrogens is 262 g/mol. The SMILES string of the molecule is CCCc1c(Cl)ncnc1N1CCCC(CCO)C1. The van der Waals surface area contributed by atoms with Crippen LogP contribution in [0.4, 0.5) is 5.82 Å². The zero-order valence-electron chi connectivity index (χ0n) is 11.5. The third kappa shape index (κ3) is 3.57. The highest BCUT2D eigenvalue weighted by atomic mass is 35.5. The van der Waals surface area contributed by atoms with Crippen molar-refractivity contribution in [3.8, 4) is 0 Å². The summed E-state index contributed by atoms with van der Waals surface area (Å²) in [5, 5.41) is 9.67. The monoisotopic (exact) mass is 283 g/mol. The molecule has 1 aliphatic rings. The number of hydrogen-bond acceptors (Lipinski definition) is 4. The minimum Gasteiger partial charge on any atom is -0.396 e. The maximum absolute atomic E-state index is 9.09. The lowest BCUT2D eigenvalue weighted by Crippen LogP contribution is -2.37. The average molecular weight is 284 g/mol. The number of piperidine rings is 1. The van der Waals surface area contributed by atoms with Crippen LogP contribution in [-0.4, -0.2) is 34.8 Å². The molecule has 1 aromatic rings. The van der Waals surface area contributed by atoms with Gasteiger partial charge in [0.05, 0.1) is 0 Å². The van der Waals surface area contributed by atoms with Crippen molar-refractivity contribution in [3.63, 3.8) is 0 Å². The fourth-order valence-electron chi connectivity index (χ4n) is 2.80. The van der Waals surface area contributed by atoms with E-state index in [0.717, 1.165) is 50.2 Å². The molecular formula is C14H22ClN3O. The molecule has 0 spiro atoms. The van der Waals surface area contributed by atoms with Crippen LogP contribution in [0.5, 0.6) is 0 Å². The van der Waals surface area contributed by atoms with E-state index in [2.05, 4.69) is 21.8 Å². The quantitative estimate of drug-likeness (QED) is 0.844. The van der Waals surface area contributed by atoms with E-state index >= 15 is 0 Å². The van der Waals surface area contributed by atoms with Crippen LogP contribution in [0.2, 0.25) is 5.15 Å². The number of aliphatic hydroxyl groups excluding tert-OH is 1. The molecule has 2 heterocycles. The summed E-state index contributed by atoms with van der Waals surface area (Å²) in [7, 11) is 0. The number of halogens is 1. The van der Waals surface area contributed by atoms with Gasteiger partial charge in [-0.2, -0.15) is 0 Å². The summed E-state index contributed by atoms with van der Waals surface area (Å²) in [4.78, 5) is 10.8. The van der Waals surface area contributed by atoms with Gasteiger partial charge in [-0.25, -0.2) is 9.97 Å². The molecule has 0 aliphatic carbocycles. The molecule has 1 atom stereocenters. The minimum atomic E-state index is 0.269. The van der Waals surface area contributed by atoms with Crippen molar-refractivity contribution in [2.75, 3.05) is 24.6 Å². The van der Waals surface area contributed by atoms with E-state index in [4.69, 9.17) is 16.7 Å². The van der Waals surface area contributed by atoms with Crippen molar-refractivity contribution in [1.29, 1.82) is 0 Å². The van der Waals surface area contributed by atoms with Gasteiger partial charge in [-0.1, -0.05) is 24.9 Å². The van der Waals surface area contributed by atoms with Gasteiger partial charge in [0.25, 0.3) is 0 Å². The Morgan fingerprint density at radius 2 is 2.32 bits per heavy atom. The molecule has 1 saturated heterocycles. The summed E-state index contributed by atoms with van der Waals surface area (Å²) in [5.41, 5.74) is 1.07. The highest BCUT2D eigenvalue weighted by Crippen LogP contribution is 2.29. The van der Waals surface area contributed by atoms with E-state index in [-0.39, 0.29) is 6.61 Å². The van der Waals surface area contributed by atoms with Crippen LogP contribution in [0.1, 0.15) is 38.2 Å². The molecule has 1 unspecified atom stereocenters. The fraction of sp³-hybridized carbons (Fsp3) is 0.714. The van der Waals surface area contributed by atoms with Crippen molar-refractivity contribution in [2.24, 2.45) is 5.92 Å². The van der Waals surface area contributed by atoms with Crippen LogP contribution in [0.15, 0.2) is 6.33 Å². The average Bonchev–Trinajstić information content (AvgIpc) is 2.42. The van der Waals surface area contributed by atoms with Crippen molar-refractivity contribution in [1.82, 2.24) is 9.97 Å². The molecule has 1 aliphatic heterocycles. The van der Waals surface area contributed by atoms with Gasteiger partial charge in [-0.3, -0.25) is 0 Å². The largest absolute Gasteiger partial charge is 0.396 e. The van der Waals surface area contributed by atoms with Crippen LogP contribution >= 0.6 is 11.6 Å². The fourth-order valence-corrected chi connectivity index (χ4v) is 3.02. The van der Waals surface area contributed by atoms with E-state index in [0.29, 0.717) is 11.1 Å². The van der Waals surface area contributed by atoms with Gasteiger partial charge in [-0.15, -0.1) is 0 Å². The summed E-state index contributed by atoms with van der Waals surface area (Å²) < 4.78 is 0. The lowest BCUT2D eigenvalue weighted by molar-refractivity contribution is 0.244. The Bertz CT molecular complexity index is 412. The molecule has 0 amide bonds. The molecule has 0 saturated carbocycles. The van der Waals surface area contributed by atoms with E-state index in [9.17, 15) is 0 Å². The van der Waals surface area contributed by atoms with Crippen molar-refractivity contribution < 1.29 is 5.11 Å². The Morgan fingerprint density at radius 1 is 1.47 bits per heavy atom. The number of aliphatic hydroxyl groups is 1. The van der Waals surface area contributed by atoms with E-state index in [1.165, 1.54) is 6.42 Å². The van der Waals surface area contributed by atoms with Crippen molar-refractivity contribution >= 4 is 17.4 Å². The highest BCUT2D eigenvalue weighted by molar-refractivity contribution is 6.30. The molecule has 106 valence electrons. The Labute approximate surface area is 119 Å². The molecule has 5 heteroatoms. The molecule has 1 aromatic heterocycles. The lowest BCUT2D eigenvalue weighted by atomic mass is 9.95. The maximum atomic E-state index is 9.09. The molecule has 4 nitrogen and oxygen atoms in total. The first kappa shape index (κ1) is 14.5. The number of nitrogens with zero attached hydrogens (tertiary/aromatic N) is 3. The van der Waals surface area contributed by atoms with Gasteiger partial charge >= 0.3 is 0 Å². The first-order chi connectivity index (χ1) is 9.26. The van der Waals surface area contributed by atoms with Crippen LogP contribution in [0.3, 0.4) is 0 Å². The van der Waals surface area contributed by atoms with Crippen molar-refractivity contribution in [2.45, 2.75) is 39.0 Å². The third-order valence-electron chi connectivity index (χ3n) is 3.73. The Kier molecular flexibility index (Phi) is 5.40. The Balaban J connectivity index is 2.18. The van der Waals surface area contributed by atoms with Crippen LogP contribution in [0.25, 0.3) is 0 Å². The van der Waals surface area contributed by atoms with Crippen molar-refractivity contribution in [3.05, 3.63) is 17.0 Å². The first-order valence-electron chi connectivity index (χ1n) is 7.11. The minimum absolute atomic E-state index is 0.269. The smallest absolute Gasteiger partial charge is 0.137 e. The Hall–Kier alpha value is -0.870. The summed E-state index contributed by atoms with van der Waals surface area (Å²) in [6.45, 7) is 4.39. The predicted octanol–water partition coefficient (Wildman–Crippen LogP) is 2.68. The summed E-state index contributed by atoms with van der Waals surface area (Å²) in [6, 6.07) is 0. The van der Waals surface area contributed by atoms with Crippen LogP contribution in [-0.2, 0) is 6.42 Å². The second kappa shape index (κ2) is 7.06. The molecule has 0 radical (unpaired) electrons. The predicted molar refractivity (Wildman–Crippen MR) is 77.7 cm³/mol. The lowest BCUT2D eigenvalue weighted by Gasteiger charge is -2.34. The first-order valence-corrected chi connectivity index (χ1v) is 7.49. The molecule has 1 fully saturated rings. The summed E-state index contributed by atoms with van der Waals surface area (Å²) >= 11 is 6.21. The standard InChI is InChI=1S/C14H22ClN3O/c1-2-4-12-13(15)16-10-17-14(12)18-7-3-5-11(9-18)6-8-19/h10-11,19H,2-9H2,1H3. The van der Waals surface area contributed by atoms with Gasteiger partial charge in [0.1, 0.15) is 17.3 Å². The van der Waals surface area contributed by atoms with Gasteiger partial charge in [0.2, 0.25) is 0 Å².